The third kappa shape index (κ3) is 5.72. The van der Waals surface area contributed by atoms with Gasteiger partial charge in [0, 0.05) is 20.7 Å². The van der Waals surface area contributed by atoms with Crippen LogP contribution in [0.4, 0.5) is 0 Å². The third-order valence-corrected chi connectivity index (χ3v) is 5.12. The van der Waals surface area contributed by atoms with Crippen molar-refractivity contribution in [2.75, 3.05) is 6.54 Å². The molecule has 0 saturated heterocycles. The van der Waals surface area contributed by atoms with Gasteiger partial charge in [-0.15, -0.1) is 0 Å². The average molecular weight is 227 g/mol. The molecule has 1 unspecified atom stereocenters. The van der Waals surface area contributed by atoms with E-state index in [2.05, 4.69) is 38.8 Å². The monoisotopic (exact) mass is 227 g/mol. The molecule has 90 valence electrons. The quantitative estimate of drug-likeness (QED) is 0.651. The first kappa shape index (κ1) is 13.2. The Morgan fingerprint density at radius 2 is 1.87 bits per heavy atom. The Balaban J connectivity index is 2.42. The summed E-state index contributed by atoms with van der Waals surface area (Å²) in [4.78, 5) is 0. The molecular formula is C13H29NSi. The van der Waals surface area contributed by atoms with Crippen molar-refractivity contribution in [1.82, 2.24) is 5.32 Å². The maximum absolute atomic E-state index is 3.73. The largest absolute Gasteiger partial charge is 0.313 e. The summed E-state index contributed by atoms with van der Waals surface area (Å²) in [5.41, 5.74) is 0.557. The van der Waals surface area contributed by atoms with E-state index in [1.807, 2.05) is 0 Å². The zero-order valence-corrected chi connectivity index (χ0v) is 12.3. The summed E-state index contributed by atoms with van der Waals surface area (Å²) in [6.07, 6.45) is 5.54. The topological polar surface area (TPSA) is 12.0 Å². The zero-order valence-electron chi connectivity index (χ0n) is 11.3. The molecule has 1 nitrogen and oxygen atoms in total. The summed E-state index contributed by atoms with van der Waals surface area (Å²) in [5, 5.41) is 3.73. The fraction of sp³-hybridized carbons (Fsp3) is 1.00. The minimum absolute atomic E-state index is 0.557. The molecule has 0 bridgehead atoms. The molecule has 1 fully saturated rings. The number of hydrogen-bond donors (Lipinski definition) is 1. The van der Waals surface area contributed by atoms with Crippen LogP contribution in [0.15, 0.2) is 0 Å². The first-order valence-electron chi connectivity index (χ1n) is 6.58. The van der Waals surface area contributed by atoms with E-state index < -0.39 is 8.07 Å². The van der Waals surface area contributed by atoms with Gasteiger partial charge in [-0.2, -0.15) is 0 Å². The number of rotatable bonds is 7. The van der Waals surface area contributed by atoms with Crippen LogP contribution < -0.4 is 5.32 Å². The average Bonchev–Trinajstić information content (AvgIpc) is 2.80. The van der Waals surface area contributed by atoms with Gasteiger partial charge in [0.15, 0.2) is 0 Å². The Labute approximate surface area is 97.0 Å². The van der Waals surface area contributed by atoms with Crippen molar-refractivity contribution in [1.29, 1.82) is 0 Å². The van der Waals surface area contributed by atoms with E-state index in [1.165, 1.54) is 38.3 Å². The second-order valence-corrected chi connectivity index (χ2v) is 12.4. The third-order valence-electron chi connectivity index (χ3n) is 3.21. The lowest BCUT2D eigenvalue weighted by Crippen LogP contribution is -2.39. The number of nitrogens with one attached hydrogen (secondary N) is 1. The van der Waals surface area contributed by atoms with Crippen LogP contribution >= 0.6 is 0 Å². The lowest BCUT2D eigenvalue weighted by Gasteiger charge is -2.35. The van der Waals surface area contributed by atoms with Crippen molar-refractivity contribution in [3.63, 3.8) is 0 Å². The standard InChI is InChI=1S/C13H29NSi/c1-6-9-13(2,11-15(3,4)5)10-14-12-7-8-12/h12,14H,6-11H2,1-5H3. The molecule has 1 rings (SSSR count). The Morgan fingerprint density at radius 3 is 2.27 bits per heavy atom. The molecule has 1 N–H and O–H groups in total. The molecule has 0 amide bonds. The Bertz CT molecular complexity index is 193. The summed E-state index contributed by atoms with van der Waals surface area (Å²) in [6, 6.07) is 2.33. The van der Waals surface area contributed by atoms with E-state index in [1.54, 1.807) is 0 Å². The van der Waals surface area contributed by atoms with Crippen LogP contribution in [-0.4, -0.2) is 20.7 Å². The minimum Gasteiger partial charge on any atom is -0.313 e. The molecule has 0 aromatic rings. The van der Waals surface area contributed by atoms with Crippen LogP contribution in [0, 0.1) is 5.41 Å². The van der Waals surface area contributed by atoms with Crippen molar-refractivity contribution in [2.45, 2.75) is 71.3 Å². The van der Waals surface area contributed by atoms with E-state index >= 15 is 0 Å². The van der Waals surface area contributed by atoms with Crippen LogP contribution in [0.3, 0.4) is 0 Å². The van der Waals surface area contributed by atoms with Gasteiger partial charge in [-0.1, -0.05) is 46.0 Å². The SMILES string of the molecule is CCCC(C)(CNC1CC1)C[Si](C)(C)C. The van der Waals surface area contributed by atoms with Crippen LogP contribution in [-0.2, 0) is 0 Å². The molecule has 2 heteroatoms. The van der Waals surface area contributed by atoms with Gasteiger partial charge >= 0.3 is 0 Å². The van der Waals surface area contributed by atoms with Gasteiger partial charge < -0.3 is 5.32 Å². The highest BCUT2D eigenvalue weighted by Crippen LogP contribution is 2.34. The van der Waals surface area contributed by atoms with Gasteiger partial charge in [0.2, 0.25) is 0 Å². The zero-order chi connectivity index (χ0) is 11.5. The van der Waals surface area contributed by atoms with Gasteiger partial charge in [-0.3, -0.25) is 0 Å². The molecule has 0 aromatic heterocycles. The minimum atomic E-state index is -0.921. The van der Waals surface area contributed by atoms with E-state index in [9.17, 15) is 0 Å². The van der Waals surface area contributed by atoms with Crippen LogP contribution in [0.1, 0.15) is 39.5 Å². The van der Waals surface area contributed by atoms with Crippen molar-refractivity contribution < 1.29 is 0 Å². The molecule has 0 spiro atoms. The molecule has 1 saturated carbocycles. The highest BCUT2D eigenvalue weighted by molar-refractivity contribution is 6.76. The Hall–Kier alpha value is 0.177. The van der Waals surface area contributed by atoms with Gasteiger partial charge in [0.1, 0.15) is 0 Å². The van der Waals surface area contributed by atoms with Crippen LogP contribution in [0.25, 0.3) is 0 Å². The van der Waals surface area contributed by atoms with Crippen LogP contribution in [0.2, 0.25) is 25.7 Å². The van der Waals surface area contributed by atoms with Gasteiger partial charge in [-0.25, -0.2) is 0 Å². The van der Waals surface area contributed by atoms with E-state index in [4.69, 9.17) is 0 Å². The normalized spacial score (nSPS) is 21.4. The fourth-order valence-electron chi connectivity index (χ4n) is 2.80. The smallest absolute Gasteiger partial charge is 0.0448 e. The summed E-state index contributed by atoms with van der Waals surface area (Å²) >= 11 is 0. The van der Waals surface area contributed by atoms with Crippen molar-refractivity contribution in [3.05, 3.63) is 0 Å². The van der Waals surface area contributed by atoms with Gasteiger partial charge in [-0.05, 0) is 24.7 Å². The lowest BCUT2D eigenvalue weighted by atomic mass is 9.87. The molecule has 0 aliphatic heterocycles. The van der Waals surface area contributed by atoms with E-state index in [-0.39, 0.29) is 0 Å². The Kier molecular flexibility index (Phi) is 4.42. The predicted molar refractivity (Wildman–Crippen MR) is 72.2 cm³/mol. The molecular weight excluding hydrogens is 198 g/mol. The summed E-state index contributed by atoms with van der Waals surface area (Å²) in [7, 11) is -0.921. The fourth-order valence-corrected chi connectivity index (χ4v) is 5.66. The predicted octanol–water partition coefficient (Wildman–Crippen LogP) is 3.88. The molecule has 0 heterocycles. The molecule has 0 aromatic carbocycles. The van der Waals surface area contributed by atoms with E-state index in [0.717, 1.165) is 6.04 Å². The van der Waals surface area contributed by atoms with Crippen LogP contribution in [0.5, 0.6) is 0 Å². The molecule has 1 atom stereocenters. The summed E-state index contributed by atoms with van der Waals surface area (Å²) in [6.45, 7) is 13.5. The highest BCUT2D eigenvalue weighted by atomic mass is 28.3. The van der Waals surface area contributed by atoms with Crippen molar-refractivity contribution >= 4 is 8.07 Å². The van der Waals surface area contributed by atoms with Gasteiger partial charge in [0.25, 0.3) is 0 Å². The second kappa shape index (κ2) is 5.01. The summed E-state index contributed by atoms with van der Waals surface area (Å²) in [5.74, 6) is 0. The molecule has 1 aliphatic carbocycles. The molecule has 1 aliphatic rings. The second-order valence-electron chi connectivity index (χ2n) is 6.95. The number of hydrogen-bond acceptors (Lipinski definition) is 1. The maximum atomic E-state index is 3.73. The van der Waals surface area contributed by atoms with Crippen molar-refractivity contribution in [3.8, 4) is 0 Å². The van der Waals surface area contributed by atoms with Gasteiger partial charge in [0.05, 0.1) is 0 Å². The Morgan fingerprint density at radius 1 is 1.27 bits per heavy atom. The van der Waals surface area contributed by atoms with E-state index in [0.29, 0.717) is 5.41 Å². The first-order valence-corrected chi connectivity index (χ1v) is 10.3. The maximum Gasteiger partial charge on any atom is 0.0448 e. The highest BCUT2D eigenvalue weighted by Gasteiger charge is 2.32. The molecule has 15 heavy (non-hydrogen) atoms. The first-order chi connectivity index (χ1) is 6.85. The summed E-state index contributed by atoms with van der Waals surface area (Å²) < 4.78 is 0. The molecule has 0 radical (unpaired) electrons. The van der Waals surface area contributed by atoms with Crippen molar-refractivity contribution in [2.24, 2.45) is 5.41 Å². The lowest BCUT2D eigenvalue weighted by molar-refractivity contribution is 0.306.